The van der Waals surface area contributed by atoms with Gasteiger partial charge in [-0.3, -0.25) is 4.21 Å². The molecule has 0 aromatic heterocycles. The molecule has 1 aliphatic rings. The predicted molar refractivity (Wildman–Crippen MR) is 80.1 cm³/mol. The normalized spacial score (nSPS) is 23.4. The fourth-order valence-electron chi connectivity index (χ4n) is 2.75. The van der Waals surface area contributed by atoms with Gasteiger partial charge in [0.15, 0.2) is 0 Å². The number of hydrogen-bond acceptors (Lipinski definition) is 3. The molecular weight excluding hydrogens is 258 g/mol. The van der Waals surface area contributed by atoms with E-state index in [0.717, 1.165) is 17.9 Å². The highest BCUT2D eigenvalue weighted by Gasteiger charge is 2.35. The van der Waals surface area contributed by atoms with E-state index in [9.17, 15) is 4.21 Å². The highest BCUT2D eigenvalue weighted by molar-refractivity contribution is 7.85. The first-order chi connectivity index (χ1) is 9.06. The molecule has 1 aromatic rings. The Labute approximate surface area is 118 Å². The van der Waals surface area contributed by atoms with Crippen LogP contribution in [0.2, 0.25) is 0 Å². The van der Waals surface area contributed by atoms with E-state index < -0.39 is 10.8 Å². The molecule has 0 radical (unpaired) electrons. The molecule has 0 aliphatic heterocycles. The summed E-state index contributed by atoms with van der Waals surface area (Å²) in [4.78, 5) is 0. The van der Waals surface area contributed by atoms with E-state index in [0.29, 0.717) is 5.92 Å². The van der Waals surface area contributed by atoms with Crippen molar-refractivity contribution in [3.05, 3.63) is 29.3 Å². The molecule has 0 heterocycles. The van der Waals surface area contributed by atoms with E-state index in [4.69, 9.17) is 4.74 Å². The lowest BCUT2D eigenvalue weighted by molar-refractivity contribution is 0.413. The van der Waals surface area contributed by atoms with Gasteiger partial charge in [0.25, 0.3) is 0 Å². The molecule has 3 atom stereocenters. The minimum atomic E-state index is -0.794. The molecule has 19 heavy (non-hydrogen) atoms. The molecule has 0 saturated carbocycles. The summed E-state index contributed by atoms with van der Waals surface area (Å²) in [5, 5.41) is 3.50. The number of rotatable bonds is 5. The van der Waals surface area contributed by atoms with Crippen LogP contribution in [0, 0.1) is 5.92 Å². The Morgan fingerprint density at radius 1 is 1.47 bits per heavy atom. The lowest BCUT2D eigenvalue weighted by Gasteiger charge is -2.20. The Bertz CT molecular complexity index is 473. The first-order valence-corrected chi connectivity index (χ1v) is 8.16. The monoisotopic (exact) mass is 281 g/mol. The average molecular weight is 281 g/mol. The Morgan fingerprint density at radius 3 is 2.79 bits per heavy atom. The number of methoxy groups -OCH3 is 1. The van der Waals surface area contributed by atoms with Crippen molar-refractivity contribution in [3.63, 3.8) is 0 Å². The van der Waals surface area contributed by atoms with Crippen LogP contribution in [0.15, 0.2) is 18.2 Å². The van der Waals surface area contributed by atoms with Crippen LogP contribution >= 0.6 is 0 Å². The Kier molecular flexibility index (Phi) is 4.63. The topological polar surface area (TPSA) is 38.3 Å². The number of hydrogen-bond donors (Lipinski definition) is 1. The molecule has 0 saturated heterocycles. The third kappa shape index (κ3) is 3.00. The summed E-state index contributed by atoms with van der Waals surface area (Å²) in [5.41, 5.74) is 2.53. The zero-order valence-electron chi connectivity index (χ0n) is 12.1. The van der Waals surface area contributed by atoms with Crippen molar-refractivity contribution < 1.29 is 8.95 Å². The summed E-state index contributed by atoms with van der Waals surface area (Å²) in [6.45, 7) is 4.24. The van der Waals surface area contributed by atoms with Crippen LogP contribution in [0.5, 0.6) is 5.75 Å². The van der Waals surface area contributed by atoms with Crippen molar-refractivity contribution >= 4 is 10.8 Å². The van der Waals surface area contributed by atoms with Gasteiger partial charge in [-0.1, -0.05) is 19.9 Å². The van der Waals surface area contributed by atoms with Crippen LogP contribution in [0.4, 0.5) is 0 Å². The van der Waals surface area contributed by atoms with E-state index in [1.165, 1.54) is 11.1 Å². The number of nitrogens with one attached hydrogen (secondary N) is 1. The molecule has 0 spiro atoms. The highest BCUT2D eigenvalue weighted by Crippen LogP contribution is 2.36. The summed E-state index contributed by atoms with van der Waals surface area (Å²) in [6, 6.07) is 6.33. The molecule has 0 fully saturated rings. The van der Waals surface area contributed by atoms with Gasteiger partial charge in [-0.05, 0) is 42.6 Å². The molecule has 2 rings (SSSR count). The lowest BCUT2D eigenvalue weighted by atomic mass is 10.1. The Hall–Kier alpha value is -0.870. The van der Waals surface area contributed by atoms with E-state index in [2.05, 4.69) is 31.3 Å². The van der Waals surface area contributed by atoms with Gasteiger partial charge in [0.2, 0.25) is 0 Å². The Balaban J connectivity index is 2.25. The minimum absolute atomic E-state index is 0.171. The largest absolute Gasteiger partial charge is 0.497 e. The zero-order valence-corrected chi connectivity index (χ0v) is 12.9. The zero-order chi connectivity index (χ0) is 14.0. The standard InChI is InChI=1S/C15H23NO2S/c1-10(2)9-19(17)14-7-11-5-6-12(18-4)8-13(11)15(14)16-3/h5-6,8,10,14-16H,7,9H2,1-4H3. The Morgan fingerprint density at radius 2 is 2.21 bits per heavy atom. The second kappa shape index (κ2) is 6.06. The summed E-state index contributed by atoms with van der Waals surface area (Å²) in [7, 11) is 2.83. The van der Waals surface area contributed by atoms with E-state index in [1.807, 2.05) is 13.1 Å². The van der Waals surface area contributed by atoms with E-state index >= 15 is 0 Å². The van der Waals surface area contributed by atoms with Crippen LogP contribution in [-0.2, 0) is 17.2 Å². The summed E-state index contributed by atoms with van der Waals surface area (Å²) in [5.74, 6) is 2.11. The molecule has 1 N–H and O–H groups in total. The SMILES string of the molecule is CNC1c2cc(OC)ccc2CC1S(=O)CC(C)C. The van der Waals surface area contributed by atoms with Gasteiger partial charge in [0, 0.05) is 22.6 Å². The van der Waals surface area contributed by atoms with Gasteiger partial charge >= 0.3 is 0 Å². The summed E-state index contributed by atoms with van der Waals surface area (Å²) < 4.78 is 17.8. The van der Waals surface area contributed by atoms with Gasteiger partial charge in [0.1, 0.15) is 5.75 Å². The number of fused-ring (bicyclic) bond motifs is 1. The third-order valence-electron chi connectivity index (χ3n) is 3.63. The van der Waals surface area contributed by atoms with Gasteiger partial charge < -0.3 is 10.1 Å². The smallest absolute Gasteiger partial charge is 0.119 e. The van der Waals surface area contributed by atoms with Crippen LogP contribution in [-0.4, -0.2) is 29.4 Å². The maximum absolute atomic E-state index is 12.5. The first kappa shape index (κ1) is 14.5. The van der Waals surface area contributed by atoms with Crippen molar-refractivity contribution in [2.24, 2.45) is 5.92 Å². The summed E-state index contributed by atoms with van der Waals surface area (Å²) in [6.07, 6.45) is 0.893. The lowest BCUT2D eigenvalue weighted by Crippen LogP contribution is -2.31. The van der Waals surface area contributed by atoms with Crippen LogP contribution in [0.1, 0.15) is 31.0 Å². The van der Waals surface area contributed by atoms with E-state index in [1.54, 1.807) is 7.11 Å². The summed E-state index contributed by atoms with van der Waals surface area (Å²) >= 11 is 0. The van der Waals surface area contributed by atoms with Gasteiger partial charge in [-0.15, -0.1) is 0 Å². The van der Waals surface area contributed by atoms with Gasteiger partial charge in [0.05, 0.1) is 12.4 Å². The predicted octanol–water partition coefficient (Wildman–Crippen LogP) is 2.29. The molecule has 106 valence electrons. The fourth-order valence-corrected chi connectivity index (χ4v) is 4.60. The molecule has 1 aromatic carbocycles. The molecular formula is C15H23NO2S. The van der Waals surface area contributed by atoms with Gasteiger partial charge in [-0.2, -0.15) is 0 Å². The molecule has 4 heteroatoms. The maximum atomic E-state index is 12.5. The third-order valence-corrected chi connectivity index (χ3v) is 5.74. The molecule has 1 aliphatic carbocycles. The second-order valence-corrected chi connectivity index (χ2v) is 7.22. The second-order valence-electron chi connectivity index (χ2n) is 5.51. The van der Waals surface area contributed by atoms with Crippen molar-refractivity contribution in [2.45, 2.75) is 31.6 Å². The molecule has 3 unspecified atom stereocenters. The highest BCUT2D eigenvalue weighted by atomic mass is 32.2. The fraction of sp³-hybridized carbons (Fsp3) is 0.600. The quantitative estimate of drug-likeness (QED) is 0.900. The van der Waals surface area contributed by atoms with Crippen LogP contribution < -0.4 is 10.1 Å². The number of ether oxygens (including phenoxy) is 1. The van der Waals surface area contributed by atoms with Crippen molar-refractivity contribution in [1.29, 1.82) is 0 Å². The molecule has 0 bridgehead atoms. The van der Waals surface area contributed by atoms with Gasteiger partial charge in [-0.25, -0.2) is 0 Å². The minimum Gasteiger partial charge on any atom is -0.497 e. The number of benzene rings is 1. The van der Waals surface area contributed by atoms with Crippen molar-refractivity contribution in [1.82, 2.24) is 5.32 Å². The van der Waals surface area contributed by atoms with Crippen molar-refractivity contribution in [2.75, 3.05) is 19.9 Å². The van der Waals surface area contributed by atoms with Crippen molar-refractivity contribution in [3.8, 4) is 5.75 Å². The van der Waals surface area contributed by atoms with Crippen LogP contribution in [0.25, 0.3) is 0 Å². The maximum Gasteiger partial charge on any atom is 0.119 e. The molecule has 3 nitrogen and oxygen atoms in total. The first-order valence-electron chi connectivity index (χ1n) is 6.78. The van der Waals surface area contributed by atoms with E-state index in [-0.39, 0.29) is 11.3 Å². The average Bonchev–Trinajstić information content (AvgIpc) is 2.75. The van der Waals surface area contributed by atoms with Crippen LogP contribution in [0.3, 0.4) is 0 Å². The molecule has 0 amide bonds.